The number of carbonyl (C=O) groups is 2. The molecular weight excluding hydrogens is 408 g/mol. The third-order valence-corrected chi connectivity index (χ3v) is 5.73. The number of amides is 2. The standard InChI is InChI=1S/C17H17ClN4O3S2/c1-3-22-12-5-4-11(18)7-13(12)27-17(22)20-16(24)9-26-8-15(23)19-14-6-10(2)25-21-14/h4-7H,3,8-9H2,1-2H3,(H,19,21,23). The van der Waals surface area contributed by atoms with Gasteiger partial charge in [-0.25, -0.2) is 0 Å². The molecule has 0 radical (unpaired) electrons. The van der Waals surface area contributed by atoms with Gasteiger partial charge in [0.1, 0.15) is 5.76 Å². The maximum atomic E-state index is 12.2. The van der Waals surface area contributed by atoms with Crippen LogP contribution in [0.3, 0.4) is 0 Å². The Bertz CT molecular complexity index is 1050. The number of fused-ring (bicyclic) bond motifs is 1. The zero-order valence-corrected chi connectivity index (χ0v) is 17.1. The van der Waals surface area contributed by atoms with Crippen molar-refractivity contribution in [1.82, 2.24) is 9.72 Å². The maximum absolute atomic E-state index is 12.2. The van der Waals surface area contributed by atoms with E-state index in [9.17, 15) is 9.59 Å². The molecule has 0 bridgehead atoms. The lowest BCUT2D eigenvalue weighted by Crippen LogP contribution is -2.18. The van der Waals surface area contributed by atoms with E-state index in [0.717, 1.165) is 10.2 Å². The first kappa shape index (κ1) is 19.7. The minimum Gasteiger partial charge on any atom is -0.360 e. The van der Waals surface area contributed by atoms with Crippen molar-refractivity contribution in [2.45, 2.75) is 20.4 Å². The van der Waals surface area contributed by atoms with Gasteiger partial charge in [0.15, 0.2) is 10.6 Å². The maximum Gasteiger partial charge on any atom is 0.258 e. The van der Waals surface area contributed by atoms with E-state index >= 15 is 0 Å². The van der Waals surface area contributed by atoms with Crippen molar-refractivity contribution in [3.05, 3.63) is 39.8 Å². The summed E-state index contributed by atoms with van der Waals surface area (Å²) in [6, 6.07) is 7.23. The number of rotatable bonds is 6. The number of thioether (sulfide) groups is 1. The lowest BCUT2D eigenvalue weighted by molar-refractivity contribution is -0.115. The number of halogens is 1. The molecule has 0 saturated carbocycles. The minimum absolute atomic E-state index is 0.115. The molecule has 0 aliphatic heterocycles. The number of carbonyl (C=O) groups excluding carboxylic acids is 2. The highest BCUT2D eigenvalue weighted by Crippen LogP contribution is 2.21. The number of hydrogen-bond donors (Lipinski definition) is 1. The van der Waals surface area contributed by atoms with E-state index in [2.05, 4.69) is 15.5 Å². The predicted molar refractivity (Wildman–Crippen MR) is 108 cm³/mol. The van der Waals surface area contributed by atoms with Gasteiger partial charge in [0.25, 0.3) is 5.91 Å². The second-order valence-electron chi connectivity index (χ2n) is 5.61. The van der Waals surface area contributed by atoms with Crippen molar-refractivity contribution in [2.75, 3.05) is 16.8 Å². The van der Waals surface area contributed by atoms with Gasteiger partial charge in [0.05, 0.1) is 21.7 Å². The molecule has 1 N–H and O–H groups in total. The highest BCUT2D eigenvalue weighted by molar-refractivity contribution is 8.00. The van der Waals surface area contributed by atoms with Crippen LogP contribution in [0.1, 0.15) is 12.7 Å². The SMILES string of the molecule is CCn1c(=NC(=O)CSCC(=O)Nc2cc(C)on2)sc2cc(Cl)ccc21. The molecule has 0 spiro atoms. The molecular formula is C17H17ClN4O3S2. The average molecular weight is 425 g/mol. The fraction of sp³-hybridized carbons (Fsp3) is 0.294. The molecule has 2 amide bonds. The van der Waals surface area contributed by atoms with Gasteiger partial charge in [-0.2, -0.15) is 4.99 Å². The van der Waals surface area contributed by atoms with Gasteiger partial charge >= 0.3 is 0 Å². The number of benzene rings is 1. The van der Waals surface area contributed by atoms with Crippen molar-refractivity contribution in [3.63, 3.8) is 0 Å². The molecule has 2 aromatic heterocycles. The van der Waals surface area contributed by atoms with Crippen LogP contribution >= 0.6 is 34.7 Å². The van der Waals surface area contributed by atoms with Gasteiger partial charge < -0.3 is 14.4 Å². The fourth-order valence-corrected chi connectivity index (χ4v) is 4.40. The molecule has 0 aliphatic rings. The summed E-state index contributed by atoms with van der Waals surface area (Å²) < 4.78 is 7.83. The topological polar surface area (TPSA) is 89.5 Å². The highest BCUT2D eigenvalue weighted by Gasteiger charge is 2.10. The monoisotopic (exact) mass is 424 g/mol. The van der Waals surface area contributed by atoms with Crippen molar-refractivity contribution in [2.24, 2.45) is 4.99 Å². The molecule has 27 heavy (non-hydrogen) atoms. The van der Waals surface area contributed by atoms with Crippen LogP contribution in [0.2, 0.25) is 5.02 Å². The van der Waals surface area contributed by atoms with Crippen LogP contribution in [0, 0.1) is 6.92 Å². The summed E-state index contributed by atoms with van der Waals surface area (Å²) in [5.74, 6) is 0.682. The normalized spacial score (nSPS) is 11.9. The number of nitrogens with zero attached hydrogens (tertiary/aromatic N) is 3. The Labute approximate surface area is 168 Å². The van der Waals surface area contributed by atoms with Gasteiger partial charge in [-0.1, -0.05) is 28.1 Å². The first-order valence-corrected chi connectivity index (χ1v) is 10.5. The van der Waals surface area contributed by atoms with E-state index in [1.54, 1.807) is 13.0 Å². The molecule has 0 atom stereocenters. The fourth-order valence-electron chi connectivity index (χ4n) is 2.41. The number of aromatic nitrogens is 2. The van der Waals surface area contributed by atoms with Gasteiger partial charge in [0.2, 0.25) is 5.91 Å². The number of aryl methyl sites for hydroxylation is 2. The number of anilines is 1. The van der Waals surface area contributed by atoms with Crippen LogP contribution in [0.5, 0.6) is 0 Å². The van der Waals surface area contributed by atoms with Crippen LogP contribution in [0.15, 0.2) is 33.8 Å². The third-order valence-electron chi connectivity index (χ3n) is 3.54. The minimum atomic E-state index is -0.287. The Morgan fingerprint density at radius 1 is 1.37 bits per heavy atom. The van der Waals surface area contributed by atoms with Gasteiger partial charge in [0, 0.05) is 17.6 Å². The quantitative estimate of drug-likeness (QED) is 0.654. The largest absolute Gasteiger partial charge is 0.360 e. The van der Waals surface area contributed by atoms with Gasteiger partial charge in [-0.15, -0.1) is 11.8 Å². The van der Waals surface area contributed by atoms with Crippen LogP contribution in [-0.4, -0.2) is 33.0 Å². The average Bonchev–Trinajstić information content (AvgIpc) is 3.16. The molecule has 3 aromatic rings. The molecule has 0 unspecified atom stereocenters. The molecule has 2 heterocycles. The molecule has 0 fully saturated rings. The first-order chi connectivity index (χ1) is 13.0. The molecule has 7 nitrogen and oxygen atoms in total. The summed E-state index contributed by atoms with van der Waals surface area (Å²) in [6.45, 7) is 4.43. The summed E-state index contributed by atoms with van der Waals surface area (Å²) >= 11 is 8.65. The van der Waals surface area contributed by atoms with E-state index in [-0.39, 0.29) is 23.3 Å². The Morgan fingerprint density at radius 2 is 2.19 bits per heavy atom. The lowest BCUT2D eigenvalue weighted by Gasteiger charge is -2.01. The summed E-state index contributed by atoms with van der Waals surface area (Å²) in [7, 11) is 0. The van der Waals surface area contributed by atoms with Crippen molar-refractivity contribution < 1.29 is 14.1 Å². The molecule has 142 valence electrons. The van der Waals surface area contributed by atoms with Crippen LogP contribution in [0.4, 0.5) is 5.82 Å². The molecule has 0 aliphatic carbocycles. The summed E-state index contributed by atoms with van der Waals surface area (Å²) in [5.41, 5.74) is 0.994. The smallest absolute Gasteiger partial charge is 0.258 e. The van der Waals surface area contributed by atoms with E-state index in [4.69, 9.17) is 16.1 Å². The molecule has 0 saturated heterocycles. The Kier molecular flexibility index (Phi) is 6.35. The van der Waals surface area contributed by atoms with Crippen LogP contribution in [-0.2, 0) is 16.1 Å². The summed E-state index contributed by atoms with van der Waals surface area (Å²) in [5, 5.41) is 6.94. The molecule has 3 rings (SSSR count). The number of thiazole rings is 1. The van der Waals surface area contributed by atoms with E-state index in [1.165, 1.54) is 23.1 Å². The number of hydrogen-bond acceptors (Lipinski definition) is 6. The molecule has 10 heteroatoms. The highest BCUT2D eigenvalue weighted by atomic mass is 35.5. The summed E-state index contributed by atoms with van der Waals surface area (Å²) in [4.78, 5) is 28.9. The Hall–Kier alpha value is -2.10. The summed E-state index contributed by atoms with van der Waals surface area (Å²) in [6.07, 6.45) is 0. The van der Waals surface area contributed by atoms with Crippen molar-refractivity contribution in [3.8, 4) is 0 Å². The van der Waals surface area contributed by atoms with Gasteiger partial charge in [-0.05, 0) is 32.0 Å². The van der Waals surface area contributed by atoms with Crippen LogP contribution < -0.4 is 10.1 Å². The molecule has 1 aromatic carbocycles. The van der Waals surface area contributed by atoms with E-state index in [0.29, 0.717) is 27.9 Å². The van der Waals surface area contributed by atoms with E-state index < -0.39 is 0 Å². The first-order valence-electron chi connectivity index (χ1n) is 8.13. The Morgan fingerprint density at radius 3 is 2.89 bits per heavy atom. The van der Waals surface area contributed by atoms with Gasteiger partial charge in [-0.3, -0.25) is 9.59 Å². The predicted octanol–water partition coefficient (Wildman–Crippen LogP) is 3.47. The lowest BCUT2D eigenvalue weighted by atomic mass is 10.3. The second kappa shape index (κ2) is 8.73. The Balaban J connectivity index is 1.61. The van der Waals surface area contributed by atoms with E-state index in [1.807, 2.05) is 29.7 Å². The zero-order valence-electron chi connectivity index (χ0n) is 14.7. The van der Waals surface area contributed by atoms with Crippen molar-refractivity contribution in [1.29, 1.82) is 0 Å². The van der Waals surface area contributed by atoms with Crippen LogP contribution in [0.25, 0.3) is 10.2 Å². The second-order valence-corrected chi connectivity index (χ2v) is 8.04. The zero-order chi connectivity index (χ0) is 19.4. The third kappa shape index (κ3) is 5.00. The van der Waals surface area contributed by atoms with Crippen molar-refractivity contribution >= 4 is 62.5 Å². The number of nitrogens with one attached hydrogen (secondary N) is 1.